The van der Waals surface area contributed by atoms with Crippen molar-refractivity contribution in [2.24, 2.45) is 0 Å². The molecule has 2 N–H and O–H groups in total. The van der Waals surface area contributed by atoms with E-state index < -0.39 is 0 Å². The molecule has 0 heterocycles. The molecule has 0 aromatic heterocycles. The molecule has 114 valence electrons. The molecule has 0 bridgehead atoms. The average molecular weight is 361 g/mol. The lowest BCUT2D eigenvalue weighted by Gasteiger charge is -2.10. The van der Waals surface area contributed by atoms with Crippen molar-refractivity contribution >= 4 is 33.2 Å². The number of benzene rings is 2. The normalized spacial score (nSPS) is 9.86. The molecule has 1 amide bonds. The van der Waals surface area contributed by atoms with Gasteiger partial charge in [0.2, 0.25) is 5.91 Å². The Kier molecular flexibility index (Phi) is 6.03. The maximum absolute atomic E-state index is 12.0. The van der Waals surface area contributed by atoms with E-state index >= 15 is 0 Å². The fraction of sp³-hybridized carbons (Fsp3) is 0.118. The standard InChI is InChI=1S/C17H17BrN2O2/c1-2-10-22-14-7-5-6-13(11-14)19-12-17(21)20-16-9-4-3-8-15(16)18/h2-9,11,19H,1,10,12H2,(H,20,21). The molecule has 0 atom stereocenters. The van der Waals surface area contributed by atoms with Crippen LogP contribution in [0.4, 0.5) is 11.4 Å². The summed E-state index contributed by atoms with van der Waals surface area (Å²) in [6.07, 6.45) is 1.69. The highest BCUT2D eigenvalue weighted by atomic mass is 79.9. The topological polar surface area (TPSA) is 50.4 Å². The van der Waals surface area contributed by atoms with Crippen molar-refractivity contribution in [1.82, 2.24) is 0 Å². The molecule has 22 heavy (non-hydrogen) atoms. The van der Waals surface area contributed by atoms with Gasteiger partial charge in [-0.05, 0) is 40.2 Å². The Morgan fingerprint density at radius 2 is 2.05 bits per heavy atom. The lowest BCUT2D eigenvalue weighted by Crippen LogP contribution is -2.21. The zero-order chi connectivity index (χ0) is 15.8. The summed E-state index contributed by atoms with van der Waals surface area (Å²) in [5, 5.41) is 5.90. The van der Waals surface area contributed by atoms with E-state index in [1.807, 2.05) is 48.5 Å². The number of hydrogen-bond acceptors (Lipinski definition) is 3. The molecule has 0 fully saturated rings. The van der Waals surface area contributed by atoms with Gasteiger partial charge in [-0.25, -0.2) is 0 Å². The predicted octanol–water partition coefficient (Wildman–Crippen LogP) is 4.06. The molecule has 2 rings (SSSR count). The van der Waals surface area contributed by atoms with Crippen molar-refractivity contribution in [3.63, 3.8) is 0 Å². The van der Waals surface area contributed by atoms with Crippen LogP contribution in [0.1, 0.15) is 0 Å². The lowest BCUT2D eigenvalue weighted by molar-refractivity contribution is -0.114. The number of para-hydroxylation sites is 1. The van der Waals surface area contributed by atoms with Crippen LogP contribution in [0.25, 0.3) is 0 Å². The second-order valence-corrected chi connectivity index (χ2v) is 5.36. The number of carbonyl (C=O) groups excluding carboxylic acids is 1. The minimum absolute atomic E-state index is 0.121. The highest BCUT2D eigenvalue weighted by molar-refractivity contribution is 9.10. The van der Waals surface area contributed by atoms with Crippen molar-refractivity contribution in [1.29, 1.82) is 0 Å². The monoisotopic (exact) mass is 360 g/mol. The highest BCUT2D eigenvalue weighted by Crippen LogP contribution is 2.21. The van der Waals surface area contributed by atoms with Crippen molar-refractivity contribution in [2.45, 2.75) is 0 Å². The number of anilines is 2. The van der Waals surface area contributed by atoms with Crippen molar-refractivity contribution < 1.29 is 9.53 Å². The summed E-state index contributed by atoms with van der Waals surface area (Å²) in [6, 6.07) is 14.9. The van der Waals surface area contributed by atoms with Crippen molar-refractivity contribution in [3.8, 4) is 5.75 Å². The number of amides is 1. The van der Waals surface area contributed by atoms with Crippen LogP contribution < -0.4 is 15.4 Å². The molecular weight excluding hydrogens is 344 g/mol. The van der Waals surface area contributed by atoms with Gasteiger partial charge in [0.25, 0.3) is 0 Å². The van der Waals surface area contributed by atoms with E-state index in [0.717, 1.165) is 21.6 Å². The number of carbonyl (C=O) groups is 1. The summed E-state index contributed by atoms with van der Waals surface area (Å²) in [5.74, 6) is 0.612. The van der Waals surface area contributed by atoms with Crippen LogP contribution in [0.2, 0.25) is 0 Å². The quantitative estimate of drug-likeness (QED) is 0.731. The Morgan fingerprint density at radius 3 is 2.82 bits per heavy atom. The first-order chi connectivity index (χ1) is 10.7. The number of hydrogen-bond donors (Lipinski definition) is 2. The zero-order valence-electron chi connectivity index (χ0n) is 12.0. The van der Waals surface area contributed by atoms with E-state index in [9.17, 15) is 4.79 Å². The minimum Gasteiger partial charge on any atom is -0.489 e. The Hall–Kier alpha value is -2.27. The summed E-state index contributed by atoms with van der Waals surface area (Å²) in [6.45, 7) is 4.23. The maximum Gasteiger partial charge on any atom is 0.243 e. The Morgan fingerprint density at radius 1 is 1.23 bits per heavy atom. The molecule has 2 aromatic rings. The van der Waals surface area contributed by atoms with E-state index in [-0.39, 0.29) is 12.5 Å². The predicted molar refractivity (Wildman–Crippen MR) is 93.4 cm³/mol. The van der Waals surface area contributed by atoms with Crippen LogP contribution in [0, 0.1) is 0 Å². The zero-order valence-corrected chi connectivity index (χ0v) is 13.6. The second kappa shape index (κ2) is 8.24. The van der Waals surface area contributed by atoms with E-state index in [0.29, 0.717) is 6.61 Å². The van der Waals surface area contributed by atoms with Gasteiger partial charge >= 0.3 is 0 Å². The number of nitrogens with one attached hydrogen (secondary N) is 2. The molecule has 0 unspecified atom stereocenters. The van der Waals surface area contributed by atoms with Crippen LogP contribution in [0.15, 0.2) is 65.7 Å². The average Bonchev–Trinajstić information content (AvgIpc) is 2.53. The van der Waals surface area contributed by atoms with E-state index in [4.69, 9.17) is 4.74 Å². The molecule has 2 aromatic carbocycles. The Bertz CT molecular complexity index is 659. The smallest absolute Gasteiger partial charge is 0.243 e. The Labute approximate surface area is 138 Å². The third-order valence-corrected chi connectivity index (χ3v) is 3.49. The molecule has 0 aliphatic rings. The van der Waals surface area contributed by atoms with Gasteiger partial charge in [0.15, 0.2) is 0 Å². The van der Waals surface area contributed by atoms with Gasteiger partial charge < -0.3 is 15.4 Å². The fourth-order valence-corrected chi connectivity index (χ4v) is 2.17. The third kappa shape index (κ3) is 4.93. The Balaban J connectivity index is 1.88. The van der Waals surface area contributed by atoms with Crippen molar-refractivity contribution in [2.75, 3.05) is 23.8 Å². The molecular formula is C17H17BrN2O2. The van der Waals surface area contributed by atoms with Crippen LogP contribution in [0.5, 0.6) is 5.75 Å². The van der Waals surface area contributed by atoms with Gasteiger partial charge in [0, 0.05) is 16.2 Å². The summed E-state index contributed by atoms with van der Waals surface area (Å²) < 4.78 is 6.30. The van der Waals surface area contributed by atoms with E-state index in [1.165, 1.54) is 0 Å². The number of ether oxygens (including phenoxy) is 1. The van der Waals surface area contributed by atoms with Gasteiger partial charge in [-0.1, -0.05) is 30.9 Å². The van der Waals surface area contributed by atoms with Gasteiger partial charge in [-0.15, -0.1) is 0 Å². The summed E-state index contributed by atoms with van der Waals surface area (Å²) in [4.78, 5) is 12.0. The maximum atomic E-state index is 12.0. The molecule has 0 radical (unpaired) electrons. The first kappa shape index (κ1) is 16.1. The highest BCUT2D eigenvalue weighted by Gasteiger charge is 2.05. The number of rotatable bonds is 7. The summed E-state index contributed by atoms with van der Waals surface area (Å²) in [5.41, 5.74) is 1.57. The SMILES string of the molecule is C=CCOc1cccc(NCC(=O)Nc2ccccc2Br)c1. The van der Waals surface area contributed by atoms with E-state index in [1.54, 1.807) is 6.08 Å². The van der Waals surface area contributed by atoms with Gasteiger partial charge in [-0.3, -0.25) is 4.79 Å². The van der Waals surface area contributed by atoms with Gasteiger partial charge in [0.05, 0.1) is 12.2 Å². The second-order valence-electron chi connectivity index (χ2n) is 4.51. The molecule has 0 saturated carbocycles. The molecule has 0 aliphatic carbocycles. The first-order valence-corrected chi connectivity index (χ1v) is 7.60. The summed E-state index contributed by atoms with van der Waals surface area (Å²) >= 11 is 3.39. The summed E-state index contributed by atoms with van der Waals surface area (Å²) in [7, 11) is 0. The van der Waals surface area contributed by atoms with Crippen LogP contribution in [-0.4, -0.2) is 19.1 Å². The van der Waals surface area contributed by atoms with Gasteiger partial charge in [-0.2, -0.15) is 0 Å². The molecule has 4 nitrogen and oxygen atoms in total. The van der Waals surface area contributed by atoms with Gasteiger partial charge in [0.1, 0.15) is 12.4 Å². The van der Waals surface area contributed by atoms with Crippen molar-refractivity contribution in [3.05, 3.63) is 65.7 Å². The molecule has 5 heteroatoms. The van der Waals surface area contributed by atoms with Crippen LogP contribution in [-0.2, 0) is 4.79 Å². The molecule has 0 saturated heterocycles. The number of halogens is 1. The van der Waals surface area contributed by atoms with Crippen LogP contribution in [0.3, 0.4) is 0 Å². The first-order valence-electron chi connectivity index (χ1n) is 6.81. The molecule has 0 spiro atoms. The van der Waals surface area contributed by atoms with Crippen LogP contribution >= 0.6 is 15.9 Å². The third-order valence-electron chi connectivity index (χ3n) is 2.80. The molecule has 0 aliphatic heterocycles. The largest absolute Gasteiger partial charge is 0.489 e. The minimum atomic E-state index is -0.121. The van der Waals surface area contributed by atoms with E-state index in [2.05, 4.69) is 33.1 Å². The lowest BCUT2D eigenvalue weighted by atomic mass is 10.3. The fourth-order valence-electron chi connectivity index (χ4n) is 1.79.